The molecule has 2 N–H and O–H groups in total. The third-order valence-corrected chi connectivity index (χ3v) is 5.68. The fourth-order valence-corrected chi connectivity index (χ4v) is 4.30. The molecule has 1 aliphatic carbocycles. The van der Waals surface area contributed by atoms with Crippen LogP contribution < -0.4 is 15.4 Å². The van der Waals surface area contributed by atoms with Crippen molar-refractivity contribution < 1.29 is 4.74 Å². The largest absolute Gasteiger partial charge is 0.487 e. The highest BCUT2D eigenvalue weighted by Crippen LogP contribution is 2.46. The normalized spacial score (nSPS) is 20.0. The number of rotatable bonds is 4. The zero-order valence-electron chi connectivity index (χ0n) is 16.4. The van der Waals surface area contributed by atoms with Crippen LogP contribution in [0.1, 0.15) is 49.3 Å². The first-order valence-electron chi connectivity index (χ1n) is 9.92. The second kappa shape index (κ2) is 9.58. The minimum absolute atomic E-state index is 0. The fourth-order valence-electron chi connectivity index (χ4n) is 4.30. The van der Waals surface area contributed by atoms with Gasteiger partial charge in [0.2, 0.25) is 0 Å². The Balaban J connectivity index is 0.00000225. The maximum absolute atomic E-state index is 6.46. The van der Waals surface area contributed by atoms with Crippen LogP contribution in [0.4, 0.5) is 0 Å². The fraction of sp³-hybridized carbons (Fsp3) is 0.455. The van der Waals surface area contributed by atoms with Crippen molar-refractivity contribution in [2.45, 2.75) is 50.2 Å². The van der Waals surface area contributed by atoms with Gasteiger partial charge in [0, 0.05) is 38.0 Å². The van der Waals surface area contributed by atoms with Gasteiger partial charge in [0.05, 0.1) is 6.04 Å². The summed E-state index contributed by atoms with van der Waals surface area (Å²) in [4.78, 5) is 8.61. The van der Waals surface area contributed by atoms with Gasteiger partial charge in [-0.2, -0.15) is 0 Å². The number of benzene rings is 1. The Morgan fingerprint density at radius 1 is 1.21 bits per heavy atom. The van der Waals surface area contributed by atoms with Gasteiger partial charge in [-0.3, -0.25) is 9.98 Å². The maximum Gasteiger partial charge on any atom is 0.191 e. The molecule has 4 rings (SSSR count). The summed E-state index contributed by atoms with van der Waals surface area (Å²) in [5, 5.41) is 7.09. The maximum atomic E-state index is 6.46. The SMILES string of the molecule is CN=C(NCCc1cccnc1)NC1CC2(CCCC2)Oc2ccccc21.I. The zero-order valence-corrected chi connectivity index (χ0v) is 18.7. The van der Waals surface area contributed by atoms with Crippen LogP contribution in [0, 0.1) is 0 Å². The molecule has 1 unspecified atom stereocenters. The van der Waals surface area contributed by atoms with E-state index in [-0.39, 0.29) is 35.6 Å². The molecule has 1 aromatic heterocycles. The lowest BCUT2D eigenvalue weighted by molar-refractivity contribution is 0.0396. The average Bonchev–Trinajstić information content (AvgIpc) is 3.15. The Morgan fingerprint density at radius 2 is 2.04 bits per heavy atom. The van der Waals surface area contributed by atoms with E-state index in [1.54, 1.807) is 6.20 Å². The number of fused-ring (bicyclic) bond motifs is 1. The molecule has 150 valence electrons. The Labute approximate surface area is 184 Å². The van der Waals surface area contributed by atoms with Crippen molar-refractivity contribution in [1.82, 2.24) is 15.6 Å². The molecule has 0 amide bonds. The minimum Gasteiger partial charge on any atom is -0.487 e. The van der Waals surface area contributed by atoms with Gasteiger partial charge in [-0.1, -0.05) is 24.3 Å². The first kappa shape index (κ1) is 20.9. The van der Waals surface area contributed by atoms with E-state index in [4.69, 9.17) is 4.74 Å². The van der Waals surface area contributed by atoms with Crippen LogP contribution in [0.5, 0.6) is 5.75 Å². The summed E-state index contributed by atoms with van der Waals surface area (Å²) in [7, 11) is 1.83. The lowest BCUT2D eigenvalue weighted by Crippen LogP contribution is -2.47. The Kier molecular flexibility index (Phi) is 7.15. The van der Waals surface area contributed by atoms with Crippen molar-refractivity contribution in [2.24, 2.45) is 4.99 Å². The topological polar surface area (TPSA) is 58.5 Å². The van der Waals surface area contributed by atoms with Crippen LogP contribution in [0.2, 0.25) is 0 Å². The van der Waals surface area contributed by atoms with E-state index in [9.17, 15) is 0 Å². The Morgan fingerprint density at radius 3 is 2.79 bits per heavy atom. The summed E-state index contributed by atoms with van der Waals surface area (Å²) in [5.74, 6) is 1.86. The van der Waals surface area contributed by atoms with Gasteiger partial charge in [-0.25, -0.2) is 0 Å². The number of para-hydroxylation sites is 1. The summed E-state index contributed by atoms with van der Waals surface area (Å²) in [6.45, 7) is 0.821. The molecule has 2 aliphatic rings. The molecule has 0 radical (unpaired) electrons. The van der Waals surface area contributed by atoms with Crippen molar-refractivity contribution in [3.63, 3.8) is 0 Å². The van der Waals surface area contributed by atoms with Gasteiger partial charge in [0.1, 0.15) is 11.4 Å². The minimum atomic E-state index is -0.0133. The number of aliphatic imine (C=N–C) groups is 1. The quantitative estimate of drug-likeness (QED) is 0.381. The van der Waals surface area contributed by atoms with Crippen molar-refractivity contribution in [3.8, 4) is 5.75 Å². The molecular weight excluding hydrogens is 463 g/mol. The average molecular weight is 492 g/mol. The summed E-state index contributed by atoms with van der Waals surface area (Å²) in [6.07, 6.45) is 10.4. The number of hydrogen-bond donors (Lipinski definition) is 2. The third kappa shape index (κ3) is 4.77. The van der Waals surface area contributed by atoms with Crippen LogP contribution in [0.25, 0.3) is 0 Å². The predicted octanol–water partition coefficient (Wildman–Crippen LogP) is 4.24. The highest BCUT2D eigenvalue weighted by Gasteiger charge is 2.43. The summed E-state index contributed by atoms with van der Waals surface area (Å²) in [5.41, 5.74) is 2.44. The van der Waals surface area contributed by atoms with Crippen LogP contribution in [-0.4, -0.2) is 30.1 Å². The van der Waals surface area contributed by atoms with Gasteiger partial charge in [-0.05, 0) is 49.8 Å². The van der Waals surface area contributed by atoms with Gasteiger partial charge < -0.3 is 15.4 Å². The molecule has 6 heteroatoms. The number of ether oxygens (including phenoxy) is 1. The van der Waals surface area contributed by atoms with E-state index in [1.807, 2.05) is 19.3 Å². The molecule has 0 saturated heterocycles. The van der Waals surface area contributed by atoms with Gasteiger partial charge in [0.25, 0.3) is 0 Å². The first-order chi connectivity index (χ1) is 13.3. The number of hydrogen-bond acceptors (Lipinski definition) is 3. The van der Waals surface area contributed by atoms with Crippen molar-refractivity contribution >= 4 is 29.9 Å². The highest BCUT2D eigenvalue weighted by molar-refractivity contribution is 14.0. The number of nitrogens with one attached hydrogen (secondary N) is 2. The first-order valence-corrected chi connectivity index (χ1v) is 9.92. The van der Waals surface area contributed by atoms with E-state index >= 15 is 0 Å². The molecule has 1 aliphatic heterocycles. The standard InChI is InChI=1S/C22H28N4O.HI/c1-23-21(25-14-10-17-7-6-13-24-16-17)26-19-15-22(11-4-5-12-22)27-20-9-3-2-8-18(19)20;/h2-3,6-9,13,16,19H,4-5,10-12,14-15H2,1H3,(H2,23,25,26);1H. The molecule has 5 nitrogen and oxygen atoms in total. The molecule has 1 fully saturated rings. The molecule has 28 heavy (non-hydrogen) atoms. The molecule has 1 aromatic carbocycles. The molecule has 0 bridgehead atoms. The molecule has 1 saturated carbocycles. The number of aromatic nitrogens is 1. The molecule has 2 aromatic rings. The summed E-state index contributed by atoms with van der Waals surface area (Å²) >= 11 is 0. The Hall–Kier alpha value is -1.83. The van der Waals surface area contributed by atoms with E-state index < -0.39 is 0 Å². The van der Waals surface area contributed by atoms with Crippen LogP contribution >= 0.6 is 24.0 Å². The van der Waals surface area contributed by atoms with Crippen molar-refractivity contribution in [3.05, 3.63) is 59.9 Å². The molecule has 1 spiro atoms. The third-order valence-electron chi connectivity index (χ3n) is 5.68. The van der Waals surface area contributed by atoms with Crippen molar-refractivity contribution in [1.29, 1.82) is 0 Å². The van der Waals surface area contributed by atoms with E-state index in [0.29, 0.717) is 0 Å². The molecular formula is C22H29IN4O. The van der Waals surface area contributed by atoms with E-state index in [2.05, 4.69) is 50.9 Å². The zero-order chi connectivity index (χ0) is 18.5. The van der Waals surface area contributed by atoms with Crippen LogP contribution in [0.15, 0.2) is 53.8 Å². The van der Waals surface area contributed by atoms with Crippen LogP contribution in [0.3, 0.4) is 0 Å². The lowest BCUT2D eigenvalue weighted by atomic mass is 9.86. The summed E-state index contributed by atoms with van der Waals surface area (Å²) in [6, 6.07) is 12.7. The van der Waals surface area contributed by atoms with E-state index in [1.165, 1.54) is 24.0 Å². The second-order valence-corrected chi connectivity index (χ2v) is 7.54. The Bertz CT molecular complexity index is 790. The van der Waals surface area contributed by atoms with E-state index in [0.717, 1.165) is 43.9 Å². The second-order valence-electron chi connectivity index (χ2n) is 7.54. The number of nitrogens with zero attached hydrogens (tertiary/aromatic N) is 2. The van der Waals surface area contributed by atoms with Gasteiger partial charge in [-0.15, -0.1) is 24.0 Å². The number of halogens is 1. The molecule has 2 heterocycles. The summed E-state index contributed by atoms with van der Waals surface area (Å²) < 4.78 is 6.46. The predicted molar refractivity (Wildman–Crippen MR) is 123 cm³/mol. The lowest BCUT2D eigenvalue weighted by Gasteiger charge is -2.40. The van der Waals surface area contributed by atoms with Gasteiger partial charge in [0.15, 0.2) is 5.96 Å². The molecule has 1 atom stereocenters. The van der Waals surface area contributed by atoms with Crippen molar-refractivity contribution in [2.75, 3.05) is 13.6 Å². The monoisotopic (exact) mass is 492 g/mol. The number of guanidine groups is 1. The number of pyridine rings is 1. The highest BCUT2D eigenvalue weighted by atomic mass is 127. The van der Waals surface area contributed by atoms with Crippen LogP contribution in [-0.2, 0) is 6.42 Å². The smallest absolute Gasteiger partial charge is 0.191 e. The van der Waals surface area contributed by atoms with Gasteiger partial charge >= 0.3 is 0 Å².